The Labute approximate surface area is 400 Å². The molecular weight excluding hydrogens is 837 g/mol. The predicted molar refractivity (Wildman–Crippen MR) is 290 cm³/mol. The molecule has 14 rings (SSSR count). The summed E-state index contributed by atoms with van der Waals surface area (Å²) < 4.78 is 2.44. The number of anilines is 3. The van der Waals surface area contributed by atoms with Gasteiger partial charge in [-0.25, -0.2) is 9.97 Å². The highest BCUT2D eigenvalue weighted by Crippen LogP contribution is 2.55. The Morgan fingerprint density at radius 1 is 0.377 bits per heavy atom. The highest BCUT2D eigenvalue weighted by atomic mass is 15.1. The summed E-state index contributed by atoms with van der Waals surface area (Å²) >= 11 is 0. The van der Waals surface area contributed by atoms with Gasteiger partial charge in [0.25, 0.3) is 0 Å². The van der Waals surface area contributed by atoms with E-state index in [0.717, 1.165) is 39.3 Å². The fraction of sp³-hybridized carbons (Fsp3) is 0.0462. The maximum atomic E-state index is 5.18. The Morgan fingerprint density at radius 3 is 1.55 bits per heavy atom. The van der Waals surface area contributed by atoms with E-state index in [1.165, 1.54) is 93.1 Å². The van der Waals surface area contributed by atoms with Crippen molar-refractivity contribution in [2.24, 2.45) is 0 Å². The third-order valence-electron chi connectivity index (χ3n) is 14.8. The molecule has 4 heteroatoms. The van der Waals surface area contributed by atoms with Crippen molar-refractivity contribution >= 4 is 82.1 Å². The fourth-order valence-corrected chi connectivity index (χ4v) is 11.6. The van der Waals surface area contributed by atoms with Crippen molar-refractivity contribution in [3.05, 3.63) is 242 Å². The van der Waals surface area contributed by atoms with Crippen LogP contribution < -0.4 is 4.90 Å². The van der Waals surface area contributed by atoms with Crippen LogP contribution in [0.3, 0.4) is 0 Å². The Morgan fingerprint density at radius 2 is 0.884 bits per heavy atom. The summed E-state index contributed by atoms with van der Waals surface area (Å²) in [4.78, 5) is 12.3. The minimum Gasteiger partial charge on any atom is -0.310 e. The summed E-state index contributed by atoms with van der Waals surface area (Å²) in [6, 6.07) is 81.9. The third-order valence-corrected chi connectivity index (χ3v) is 14.8. The molecule has 0 atom stereocenters. The summed E-state index contributed by atoms with van der Waals surface area (Å²) in [5, 5.41) is 11.1. The molecule has 13 aromatic rings. The van der Waals surface area contributed by atoms with Crippen LogP contribution in [0.4, 0.5) is 17.1 Å². The number of nitrogens with zero attached hydrogens (tertiary/aromatic N) is 4. The van der Waals surface area contributed by atoms with Gasteiger partial charge in [-0.15, -0.1) is 0 Å². The van der Waals surface area contributed by atoms with Gasteiger partial charge in [0.2, 0.25) is 0 Å². The van der Waals surface area contributed by atoms with Crippen LogP contribution in [0, 0.1) is 0 Å². The van der Waals surface area contributed by atoms with Crippen LogP contribution >= 0.6 is 0 Å². The van der Waals surface area contributed by atoms with Gasteiger partial charge in [-0.05, 0) is 137 Å². The van der Waals surface area contributed by atoms with Crippen molar-refractivity contribution in [2.45, 2.75) is 19.3 Å². The number of fused-ring (bicyclic) bond motifs is 14. The van der Waals surface area contributed by atoms with Gasteiger partial charge >= 0.3 is 0 Å². The first-order valence-corrected chi connectivity index (χ1v) is 23.8. The lowest BCUT2D eigenvalue weighted by atomic mass is 9.80. The zero-order chi connectivity index (χ0) is 45.8. The van der Waals surface area contributed by atoms with E-state index in [2.05, 4.69) is 248 Å². The minimum absolute atomic E-state index is 0.345. The molecule has 0 spiro atoms. The molecule has 2 aromatic heterocycles. The Kier molecular flexibility index (Phi) is 8.59. The van der Waals surface area contributed by atoms with Crippen molar-refractivity contribution in [2.75, 3.05) is 4.90 Å². The number of hydrogen-bond acceptors (Lipinski definition) is 3. The minimum atomic E-state index is -0.345. The van der Waals surface area contributed by atoms with Gasteiger partial charge in [-0.2, -0.15) is 0 Å². The average Bonchev–Trinajstić information content (AvgIpc) is 3.85. The van der Waals surface area contributed by atoms with E-state index < -0.39 is 0 Å². The van der Waals surface area contributed by atoms with Crippen LogP contribution in [-0.4, -0.2) is 14.5 Å². The predicted octanol–water partition coefficient (Wildman–Crippen LogP) is 17.3. The summed E-state index contributed by atoms with van der Waals surface area (Å²) in [6.07, 6.45) is 1.72. The first kappa shape index (κ1) is 39.3. The normalized spacial score (nSPS) is 12.9. The molecule has 0 N–H and O–H groups in total. The number of rotatable bonds is 6. The topological polar surface area (TPSA) is 34.0 Å². The molecule has 0 saturated heterocycles. The lowest BCUT2D eigenvalue weighted by Gasteiger charge is -2.26. The molecule has 324 valence electrons. The fourth-order valence-electron chi connectivity index (χ4n) is 11.6. The van der Waals surface area contributed by atoms with Gasteiger partial charge in [-0.1, -0.05) is 178 Å². The van der Waals surface area contributed by atoms with Crippen molar-refractivity contribution < 1.29 is 0 Å². The van der Waals surface area contributed by atoms with E-state index in [0.29, 0.717) is 0 Å². The summed E-state index contributed by atoms with van der Waals surface area (Å²) in [5.41, 5.74) is 16.0. The smallest absolute Gasteiger partial charge is 0.148 e. The lowest BCUT2D eigenvalue weighted by Crippen LogP contribution is -2.17. The Hall–Kier alpha value is -8.86. The number of aromatic nitrogens is 3. The van der Waals surface area contributed by atoms with Crippen LogP contribution in [0.15, 0.2) is 231 Å². The molecule has 0 fully saturated rings. The number of para-hydroxylation sites is 2. The molecule has 11 aromatic carbocycles. The molecule has 69 heavy (non-hydrogen) atoms. The molecule has 2 heterocycles. The standard InChI is InChI=1S/C65H44N4/c1-65(2)59-39-57-51-22-12-10-20-49(51)48-19-9-11-21-50(48)56(57)38-58(59)53-35-36-54-52-34-33-47(37-61(52)69(63(54)62(53)65)64-55-23-13-14-24-60(55)66-40-67-64)68(45-17-7-4-8-18-45)46-31-29-44(30-32-46)43-27-25-42(26-28-43)41-15-5-3-6-16-41/h3-40H,1-2H3. The molecule has 0 amide bonds. The van der Waals surface area contributed by atoms with Gasteiger partial charge in [-0.3, -0.25) is 4.57 Å². The second-order valence-corrected chi connectivity index (χ2v) is 19.0. The first-order chi connectivity index (χ1) is 34.0. The number of benzene rings is 11. The van der Waals surface area contributed by atoms with E-state index in [9.17, 15) is 0 Å². The van der Waals surface area contributed by atoms with Gasteiger partial charge < -0.3 is 4.90 Å². The molecule has 1 aliphatic rings. The van der Waals surface area contributed by atoms with E-state index in [4.69, 9.17) is 9.97 Å². The maximum absolute atomic E-state index is 5.18. The Bertz CT molecular complexity index is 4180. The summed E-state index contributed by atoms with van der Waals surface area (Å²) in [7, 11) is 0. The molecular formula is C65H44N4. The van der Waals surface area contributed by atoms with Crippen LogP contribution in [0.2, 0.25) is 0 Å². The van der Waals surface area contributed by atoms with Crippen LogP contribution in [0.25, 0.3) is 104 Å². The molecule has 0 saturated carbocycles. The monoisotopic (exact) mass is 880 g/mol. The van der Waals surface area contributed by atoms with Gasteiger partial charge in [0.15, 0.2) is 0 Å². The third kappa shape index (κ3) is 5.95. The summed E-state index contributed by atoms with van der Waals surface area (Å²) in [6.45, 7) is 4.83. The van der Waals surface area contributed by atoms with Crippen LogP contribution in [0.1, 0.15) is 25.0 Å². The second kappa shape index (κ2) is 15.1. The van der Waals surface area contributed by atoms with Crippen LogP contribution in [-0.2, 0) is 5.41 Å². The highest BCUT2D eigenvalue weighted by Gasteiger charge is 2.39. The van der Waals surface area contributed by atoms with Crippen LogP contribution in [0.5, 0.6) is 0 Å². The first-order valence-electron chi connectivity index (χ1n) is 23.8. The second-order valence-electron chi connectivity index (χ2n) is 19.0. The van der Waals surface area contributed by atoms with Gasteiger partial charge in [0.05, 0.1) is 16.6 Å². The summed E-state index contributed by atoms with van der Waals surface area (Å²) in [5.74, 6) is 0.869. The van der Waals surface area contributed by atoms with E-state index in [1.54, 1.807) is 6.33 Å². The zero-order valence-electron chi connectivity index (χ0n) is 38.2. The molecule has 4 nitrogen and oxygen atoms in total. The molecule has 0 radical (unpaired) electrons. The average molecular weight is 881 g/mol. The molecule has 0 aliphatic heterocycles. The van der Waals surface area contributed by atoms with Crippen molar-refractivity contribution in [1.29, 1.82) is 0 Å². The quantitative estimate of drug-likeness (QED) is 0.156. The van der Waals surface area contributed by atoms with E-state index in [-0.39, 0.29) is 5.41 Å². The Balaban J connectivity index is 0.987. The molecule has 0 unspecified atom stereocenters. The lowest BCUT2D eigenvalue weighted by molar-refractivity contribution is 0.664. The van der Waals surface area contributed by atoms with Crippen molar-refractivity contribution in [3.63, 3.8) is 0 Å². The zero-order valence-corrected chi connectivity index (χ0v) is 38.2. The molecule has 0 bridgehead atoms. The van der Waals surface area contributed by atoms with Gasteiger partial charge in [0, 0.05) is 38.6 Å². The van der Waals surface area contributed by atoms with Crippen molar-refractivity contribution in [1.82, 2.24) is 14.5 Å². The molecule has 1 aliphatic carbocycles. The number of hydrogen-bond donors (Lipinski definition) is 0. The van der Waals surface area contributed by atoms with Gasteiger partial charge in [0.1, 0.15) is 12.1 Å². The SMILES string of the molecule is CC1(C)c2cc3c4ccccc4c4ccccc4c3cc2-c2ccc3c4ccc(N(c5ccccc5)c5ccc(-c6ccc(-c7ccccc7)cc6)cc5)cc4n(-c4ncnc5ccccc45)c3c21. The largest absolute Gasteiger partial charge is 0.310 e. The van der Waals surface area contributed by atoms with Crippen molar-refractivity contribution in [3.8, 4) is 39.2 Å². The van der Waals surface area contributed by atoms with E-state index in [1.807, 2.05) is 0 Å². The maximum Gasteiger partial charge on any atom is 0.148 e. The van der Waals surface area contributed by atoms with E-state index >= 15 is 0 Å². The highest BCUT2D eigenvalue weighted by molar-refractivity contribution is 6.26.